The second-order valence-corrected chi connectivity index (χ2v) is 6.41. The quantitative estimate of drug-likeness (QED) is 0.706. The summed E-state index contributed by atoms with van der Waals surface area (Å²) in [4.78, 5) is 22.7. The fraction of sp³-hybridized carbons (Fsp3) is 0.333. The number of nitrogens with zero attached hydrogens (tertiary/aromatic N) is 5. The van der Waals surface area contributed by atoms with Gasteiger partial charge < -0.3 is 4.42 Å². The van der Waals surface area contributed by atoms with Crippen LogP contribution in [0.4, 0.5) is 0 Å². The molecule has 1 aliphatic heterocycles. The molecule has 0 bridgehead atoms. The van der Waals surface area contributed by atoms with Crippen LogP contribution in [0.3, 0.4) is 0 Å². The van der Waals surface area contributed by atoms with Crippen molar-refractivity contribution in [1.82, 2.24) is 24.6 Å². The minimum atomic E-state index is -0.0746. The van der Waals surface area contributed by atoms with Gasteiger partial charge in [-0.3, -0.25) is 14.7 Å². The average Bonchev–Trinajstić information content (AvgIpc) is 3.00. The van der Waals surface area contributed by atoms with Crippen molar-refractivity contribution in [2.24, 2.45) is 5.92 Å². The summed E-state index contributed by atoms with van der Waals surface area (Å²) in [6, 6.07) is 7.11. The van der Waals surface area contributed by atoms with Gasteiger partial charge in [0.1, 0.15) is 5.76 Å². The van der Waals surface area contributed by atoms with E-state index in [4.69, 9.17) is 4.42 Å². The molecule has 0 atom stereocenters. The van der Waals surface area contributed by atoms with Crippen LogP contribution in [-0.4, -0.2) is 37.7 Å². The molecule has 0 saturated carbocycles. The summed E-state index contributed by atoms with van der Waals surface area (Å²) in [5.41, 5.74) is 1.60. The Kier molecular flexibility index (Phi) is 4.15. The van der Waals surface area contributed by atoms with Gasteiger partial charge in [0.05, 0.1) is 25.0 Å². The summed E-state index contributed by atoms with van der Waals surface area (Å²) < 4.78 is 7.06. The van der Waals surface area contributed by atoms with Crippen LogP contribution in [0.25, 0.3) is 11.3 Å². The van der Waals surface area contributed by atoms with E-state index in [0.717, 1.165) is 36.0 Å². The number of hydrogen-bond acceptors (Lipinski definition) is 6. The molecule has 3 aromatic heterocycles. The van der Waals surface area contributed by atoms with E-state index in [1.54, 1.807) is 35.4 Å². The zero-order valence-corrected chi connectivity index (χ0v) is 14.0. The molecule has 4 rings (SSSR count). The third-order valence-electron chi connectivity index (χ3n) is 4.32. The Bertz CT molecular complexity index is 912. The van der Waals surface area contributed by atoms with Gasteiger partial charge in [-0.15, -0.1) is 0 Å². The highest BCUT2D eigenvalue weighted by molar-refractivity contribution is 5.56. The first kappa shape index (κ1) is 15.7. The molecule has 1 saturated heterocycles. The summed E-state index contributed by atoms with van der Waals surface area (Å²) in [6.45, 7) is 5.04. The van der Waals surface area contributed by atoms with Gasteiger partial charge >= 0.3 is 0 Å². The summed E-state index contributed by atoms with van der Waals surface area (Å²) >= 11 is 0. The Morgan fingerprint density at radius 3 is 2.84 bits per heavy atom. The molecule has 0 radical (unpaired) electrons. The van der Waals surface area contributed by atoms with Crippen molar-refractivity contribution in [2.45, 2.75) is 20.0 Å². The molecule has 0 spiro atoms. The fourth-order valence-corrected chi connectivity index (χ4v) is 3.08. The Labute approximate surface area is 145 Å². The van der Waals surface area contributed by atoms with Crippen LogP contribution in [0.15, 0.2) is 52.1 Å². The van der Waals surface area contributed by atoms with E-state index in [9.17, 15) is 4.79 Å². The number of aromatic nitrogens is 4. The van der Waals surface area contributed by atoms with Gasteiger partial charge in [-0.25, -0.2) is 9.67 Å². The Balaban J connectivity index is 1.39. The molecule has 1 fully saturated rings. The van der Waals surface area contributed by atoms with Crippen molar-refractivity contribution in [3.8, 4) is 11.3 Å². The van der Waals surface area contributed by atoms with E-state index in [-0.39, 0.29) is 5.56 Å². The van der Waals surface area contributed by atoms with Crippen molar-refractivity contribution in [2.75, 3.05) is 13.1 Å². The smallest absolute Gasteiger partial charge is 0.266 e. The molecule has 0 aromatic carbocycles. The second-order valence-electron chi connectivity index (χ2n) is 6.41. The zero-order chi connectivity index (χ0) is 17.2. The van der Waals surface area contributed by atoms with E-state index in [0.29, 0.717) is 19.0 Å². The Morgan fingerprint density at radius 2 is 2.12 bits per heavy atom. The molecule has 3 aromatic rings. The molecule has 0 unspecified atom stereocenters. The zero-order valence-electron chi connectivity index (χ0n) is 14.0. The standard InChI is InChI=1S/C18H19N5O2/c1-13-7-20-17(25-13)12-22-9-14(10-22)11-23-18(24)5-4-16(21-23)15-3-2-6-19-8-15/h2-8,14H,9-12H2,1H3. The second kappa shape index (κ2) is 6.60. The normalized spacial score (nSPS) is 15.2. The van der Waals surface area contributed by atoms with Crippen LogP contribution < -0.4 is 5.56 Å². The maximum Gasteiger partial charge on any atom is 0.266 e. The lowest BCUT2D eigenvalue weighted by Crippen LogP contribution is -2.48. The third kappa shape index (κ3) is 3.51. The minimum Gasteiger partial charge on any atom is -0.445 e. The molecule has 25 heavy (non-hydrogen) atoms. The van der Waals surface area contributed by atoms with E-state index in [1.807, 2.05) is 19.1 Å². The van der Waals surface area contributed by atoms with Crippen LogP contribution in [0.2, 0.25) is 0 Å². The average molecular weight is 337 g/mol. The van der Waals surface area contributed by atoms with E-state index in [2.05, 4.69) is 20.0 Å². The monoisotopic (exact) mass is 337 g/mol. The van der Waals surface area contributed by atoms with Gasteiger partial charge in [-0.05, 0) is 25.1 Å². The highest BCUT2D eigenvalue weighted by Gasteiger charge is 2.28. The molecule has 0 N–H and O–H groups in total. The molecule has 7 heteroatoms. The van der Waals surface area contributed by atoms with Gasteiger partial charge in [0.2, 0.25) is 5.89 Å². The molecular weight excluding hydrogens is 318 g/mol. The van der Waals surface area contributed by atoms with Crippen molar-refractivity contribution in [3.63, 3.8) is 0 Å². The maximum absolute atomic E-state index is 12.1. The van der Waals surface area contributed by atoms with Crippen LogP contribution in [0, 0.1) is 12.8 Å². The predicted octanol–water partition coefficient (Wildman–Crippen LogP) is 1.73. The minimum absolute atomic E-state index is 0.0746. The lowest BCUT2D eigenvalue weighted by atomic mass is 10.0. The molecule has 128 valence electrons. The summed E-state index contributed by atoms with van der Waals surface area (Å²) in [7, 11) is 0. The third-order valence-corrected chi connectivity index (χ3v) is 4.32. The van der Waals surface area contributed by atoms with Crippen molar-refractivity contribution in [3.05, 3.63) is 64.9 Å². The molecule has 4 heterocycles. The van der Waals surface area contributed by atoms with Gasteiger partial charge in [0, 0.05) is 43.0 Å². The van der Waals surface area contributed by atoms with Gasteiger partial charge in [-0.2, -0.15) is 5.10 Å². The highest BCUT2D eigenvalue weighted by Crippen LogP contribution is 2.20. The lowest BCUT2D eigenvalue weighted by molar-refractivity contribution is 0.0678. The van der Waals surface area contributed by atoms with Gasteiger partial charge in [-0.1, -0.05) is 0 Å². The number of rotatable bonds is 5. The number of pyridine rings is 1. The van der Waals surface area contributed by atoms with Crippen molar-refractivity contribution < 1.29 is 4.42 Å². The summed E-state index contributed by atoms with van der Waals surface area (Å²) in [6.07, 6.45) is 5.21. The molecule has 0 amide bonds. The van der Waals surface area contributed by atoms with Crippen LogP contribution in [0.1, 0.15) is 11.7 Å². The molecular formula is C18H19N5O2. The highest BCUT2D eigenvalue weighted by atomic mass is 16.4. The Morgan fingerprint density at radius 1 is 1.24 bits per heavy atom. The maximum atomic E-state index is 12.1. The number of likely N-dealkylation sites (tertiary alicyclic amines) is 1. The first-order valence-electron chi connectivity index (χ1n) is 8.29. The van der Waals surface area contributed by atoms with Gasteiger partial charge in [0.15, 0.2) is 0 Å². The van der Waals surface area contributed by atoms with E-state index < -0.39 is 0 Å². The fourth-order valence-electron chi connectivity index (χ4n) is 3.08. The lowest BCUT2D eigenvalue weighted by Gasteiger charge is -2.38. The van der Waals surface area contributed by atoms with E-state index >= 15 is 0 Å². The van der Waals surface area contributed by atoms with E-state index in [1.165, 1.54) is 0 Å². The molecule has 7 nitrogen and oxygen atoms in total. The number of oxazole rings is 1. The largest absolute Gasteiger partial charge is 0.445 e. The topological polar surface area (TPSA) is 77.1 Å². The summed E-state index contributed by atoms with van der Waals surface area (Å²) in [5, 5.41) is 4.49. The number of aryl methyl sites for hydroxylation is 1. The van der Waals surface area contributed by atoms with Crippen LogP contribution >= 0.6 is 0 Å². The first-order valence-corrected chi connectivity index (χ1v) is 8.29. The molecule has 0 aliphatic carbocycles. The van der Waals surface area contributed by atoms with Gasteiger partial charge in [0.25, 0.3) is 5.56 Å². The number of hydrogen-bond donors (Lipinski definition) is 0. The predicted molar refractivity (Wildman–Crippen MR) is 91.7 cm³/mol. The van der Waals surface area contributed by atoms with Crippen LogP contribution in [-0.2, 0) is 13.1 Å². The summed E-state index contributed by atoms with van der Waals surface area (Å²) in [5.74, 6) is 1.98. The van der Waals surface area contributed by atoms with Crippen LogP contribution in [0.5, 0.6) is 0 Å². The Hall–Kier alpha value is -2.80. The van der Waals surface area contributed by atoms with Crippen molar-refractivity contribution >= 4 is 0 Å². The molecule has 1 aliphatic rings. The van der Waals surface area contributed by atoms with Crippen molar-refractivity contribution in [1.29, 1.82) is 0 Å². The SMILES string of the molecule is Cc1cnc(CN2CC(Cn3nc(-c4cccnc4)ccc3=O)C2)o1. The first-order chi connectivity index (χ1) is 12.2.